The van der Waals surface area contributed by atoms with E-state index in [4.69, 9.17) is 0 Å². The fraction of sp³-hybridized carbons (Fsp3) is 0.214. The summed E-state index contributed by atoms with van der Waals surface area (Å²) in [6.45, 7) is 1.98. The lowest BCUT2D eigenvalue weighted by Gasteiger charge is -2.24. The Morgan fingerprint density at radius 2 is 1.78 bits per heavy atom. The van der Waals surface area contributed by atoms with Crippen molar-refractivity contribution in [3.05, 3.63) is 90.0 Å². The number of nitrogens with one attached hydrogen (secondary N) is 1. The second kappa shape index (κ2) is 10.9. The quantitative estimate of drug-likeness (QED) is 0.404. The molecule has 2 aromatic carbocycles. The van der Waals surface area contributed by atoms with Crippen LogP contribution in [-0.4, -0.2) is 50.0 Å². The minimum absolute atomic E-state index is 0.0264. The molecule has 2 aromatic heterocycles. The number of likely N-dealkylation sites (N-methyl/N-ethyl adjacent to an activating group) is 1. The molecule has 9 heteroatoms. The van der Waals surface area contributed by atoms with Gasteiger partial charge in [0.05, 0.1) is 36.6 Å². The second-order valence-corrected chi connectivity index (χ2v) is 8.78. The van der Waals surface area contributed by atoms with Crippen LogP contribution in [0.25, 0.3) is 22.5 Å². The molecule has 0 fully saturated rings. The summed E-state index contributed by atoms with van der Waals surface area (Å²) in [5, 5.41) is 22.8. The summed E-state index contributed by atoms with van der Waals surface area (Å²) in [4.78, 5) is 21.8. The molecule has 1 aliphatic rings. The lowest BCUT2D eigenvalue weighted by atomic mass is 10.0. The number of amides is 1. The first-order chi connectivity index (χ1) is 18.1. The van der Waals surface area contributed by atoms with Crippen molar-refractivity contribution in [1.82, 2.24) is 30.1 Å². The molecule has 3 heterocycles. The third kappa shape index (κ3) is 5.60. The van der Waals surface area contributed by atoms with Crippen molar-refractivity contribution in [1.29, 1.82) is 5.26 Å². The third-order valence-corrected chi connectivity index (χ3v) is 6.16. The number of hydrogen-bond acceptors (Lipinski definition) is 7. The maximum Gasteiger partial charge on any atom is 0.243 e. The summed E-state index contributed by atoms with van der Waals surface area (Å²) in [7, 11) is 1.91. The van der Waals surface area contributed by atoms with Crippen LogP contribution in [0.1, 0.15) is 29.5 Å². The summed E-state index contributed by atoms with van der Waals surface area (Å²) in [6, 6.07) is 17.3. The number of nitriles is 1. The average Bonchev–Trinajstić information content (AvgIpc) is 3.42. The van der Waals surface area contributed by atoms with Crippen molar-refractivity contribution in [3.8, 4) is 28.6 Å². The fourth-order valence-electron chi connectivity index (χ4n) is 4.17. The Hall–Kier alpha value is -4.68. The standard InChI is InChI=1S/C28H26N8O/c1-30-10-11-35-19-25(17-33-35)24-15-31-28(32-16-24)23-7-3-5-21(13-23)18-36-27(37)9-8-26(34-36)22-6-2-4-20(12-22)14-29/h2-7,12-13,15-17,19,30H,8-11,18H2,1H3. The minimum atomic E-state index is -0.0264. The predicted molar refractivity (Wildman–Crippen MR) is 140 cm³/mol. The van der Waals surface area contributed by atoms with E-state index in [1.165, 1.54) is 5.01 Å². The van der Waals surface area contributed by atoms with Crippen molar-refractivity contribution < 1.29 is 4.79 Å². The molecular weight excluding hydrogens is 464 g/mol. The van der Waals surface area contributed by atoms with E-state index in [9.17, 15) is 10.1 Å². The number of hydrazone groups is 1. The molecule has 0 radical (unpaired) electrons. The monoisotopic (exact) mass is 490 g/mol. The van der Waals surface area contributed by atoms with E-state index in [0.29, 0.717) is 30.8 Å². The molecule has 5 rings (SSSR count). The molecule has 0 atom stereocenters. The molecular formula is C28H26N8O. The smallest absolute Gasteiger partial charge is 0.243 e. The van der Waals surface area contributed by atoms with Crippen LogP contribution in [-0.2, 0) is 17.9 Å². The Kier molecular flexibility index (Phi) is 7.10. The van der Waals surface area contributed by atoms with Gasteiger partial charge >= 0.3 is 0 Å². The Labute approximate surface area is 215 Å². The number of carbonyl (C=O) groups is 1. The summed E-state index contributed by atoms with van der Waals surface area (Å²) < 4.78 is 1.89. The second-order valence-electron chi connectivity index (χ2n) is 8.78. The molecule has 1 aliphatic heterocycles. The maximum absolute atomic E-state index is 12.6. The molecule has 9 nitrogen and oxygen atoms in total. The van der Waals surface area contributed by atoms with Crippen LogP contribution in [0.5, 0.6) is 0 Å². The zero-order valence-corrected chi connectivity index (χ0v) is 20.5. The van der Waals surface area contributed by atoms with Gasteiger partial charge in [0.1, 0.15) is 0 Å². The molecule has 0 unspecified atom stereocenters. The first kappa shape index (κ1) is 24.0. The largest absolute Gasteiger partial charge is 0.318 e. The van der Waals surface area contributed by atoms with Crippen molar-refractivity contribution in [2.45, 2.75) is 25.9 Å². The Morgan fingerprint density at radius 3 is 2.59 bits per heavy atom. The molecule has 0 aliphatic carbocycles. The molecule has 1 amide bonds. The lowest BCUT2D eigenvalue weighted by molar-refractivity contribution is -0.132. The molecule has 0 bridgehead atoms. The number of hydrogen-bond donors (Lipinski definition) is 1. The highest BCUT2D eigenvalue weighted by Crippen LogP contribution is 2.23. The third-order valence-electron chi connectivity index (χ3n) is 6.16. The Balaban J connectivity index is 1.32. The van der Waals surface area contributed by atoms with Gasteiger partial charge in [-0.3, -0.25) is 9.48 Å². The first-order valence-corrected chi connectivity index (χ1v) is 12.1. The summed E-state index contributed by atoms with van der Waals surface area (Å²) in [6.07, 6.45) is 8.33. The zero-order chi connectivity index (χ0) is 25.6. The van der Waals surface area contributed by atoms with Crippen LogP contribution in [0.15, 0.2) is 78.4 Å². The molecule has 184 valence electrons. The van der Waals surface area contributed by atoms with Gasteiger partial charge in [-0.25, -0.2) is 15.0 Å². The Bertz CT molecular complexity index is 1480. The molecule has 1 N–H and O–H groups in total. The first-order valence-electron chi connectivity index (χ1n) is 12.1. The van der Waals surface area contributed by atoms with Gasteiger partial charge in [0.2, 0.25) is 5.91 Å². The maximum atomic E-state index is 12.6. The van der Waals surface area contributed by atoms with Gasteiger partial charge in [-0.05, 0) is 36.4 Å². The molecule has 0 spiro atoms. The topological polar surface area (TPSA) is 112 Å². The van der Waals surface area contributed by atoms with E-state index >= 15 is 0 Å². The summed E-state index contributed by atoms with van der Waals surface area (Å²) in [5.41, 5.74) is 5.91. The predicted octanol–water partition coefficient (Wildman–Crippen LogP) is 3.62. The summed E-state index contributed by atoms with van der Waals surface area (Å²) >= 11 is 0. The Morgan fingerprint density at radius 1 is 0.973 bits per heavy atom. The highest BCUT2D eigenvalue weighted by atomic mass is 16.2. The fourth-order valence-corrected chi connectivity index (χ4v) is 4.17. The highest BCUT2D eigenvalue weighted by Gasteiger charge is 2.22. The van der Waals surface area contributed by atoms with E-state index in [1.807, 2.05) is 66.6 Å². The van der Waals surface area contributed by atoms with Gasteiger partial charge in [0.15, 0.2) is 5.82 Å². The van der Waals surface area contributed by atoms with Crippen LogP contribution in [0.4, 0.5) is 0 Å². The van der Waals surface area contributed by atoms with Crippen LogP contribution < -0.4 is 5.32 Å². The van der Waals surface area contributed by atoms with Crippen LogP contribution in [0.2, 0.25) is 0 Å². The van der Waals surface area contributed by atoms with Crippen molar-refractivity contribution >= 4 is 11.6 Å². The number of benzene rings is 2. The number of carbonyl (C=O) groups excluding carboxylic acids is 1. The van der Waals surface area contributed by atoms with Gasteiger partial charge < -0.3 is 5.32 Å². The van der Waals surface area contributed by atoms with Gasteiger partial charge in [-0.1, -0.05) is 30.3 Å². The molecule has 4 aromatic rings. The van der Waals surface area contributed by atoms with Gasteiger partial charge in [0.25, 0.3) is 0 Å². The van der Waals surface area contributed by atoms with E-state index < -0.39 is 0 Å². The van der Waals surface area contributed by atoms with E-state index in [0.717, 1.165) is 46.6 Å². The van der Waals surface area contributed by atoms with Crippen molar-refractivity contribution in [2.75, 3.05) is 13.6 Å². The number of rotatable bonds is 8. The SMILES string of the molecule is CNCCn1cc(-c2cnc(-c3cccc(CN4N=C(c5cccc(C#N)c5)CCC4=O)c3)nc2)cn1. The summed E-state index contributed by atoms with van der Waals surface area (Å²) in [5.74, 6) is 0.581. The zero-order valence-electron chi connectivity index (χ0n) is 20.5. The van der Waals surface area contributed by atoms with E-state index in [1.54, 1.807) is 18.5 Å². The number of aromatic nitrogens is 4. The van der Waals surface area contributed by atoms with Gasteiger partial charge in [-0.15, -0.1) is 0 Å². The van der Waals surface area contributed by atoms with Crippen LogP contribution in [0.3, 0.4) is 0 Å². The van der Waals surface area contributed by atoms with Crippen LogP contribution in [0, 0.1) is 11.3 Å². The van der Waals surface area contributed by atoms with E-state index in [-0.39, 0.29) is 5.91 Å². The van der Waals surface area contributed by atoms with Crippen LogP contribution >= 0.6 is 0 Å². The van der Waals surface area contributed by atoms with Crippen molar-refractivity contribution in [2.24, 2.45) is 5.10 Å². The van der Waals surface area contributed by atoms with Gasteiger partial charge in [0, 0.05) is 54.7 Å². The average molecular weight is 491 g/mol. The lowest BCUT2D eigenvalue weighted by Crippen LogP contribution is -2.31. The van der Waals surface area contributed by atoms with Gasteiger partial charge in [-0.2, -0.15) is 15.5 Å². The minimum Gasteiger partial charge on any atom is -0.318 e. The normalized spacial score (nSPS) is 13.4. The molecule has 37 heavy (non-hydrogen) atoms. The number of nitrogens with zero attached hydrogens (tertiary/aromatic N) is 7. The molecule has 0 saturated carbocycles. The van der Waals surface area contributed by atoms with E-state index in [2.05, 4.69) is 31.6 Å². The van der Waals surface area contributed by atoms with Crippen molar-refractivity contribution in [3.63, 3.8) is 0 Å². The molecule has 0 saturated heterocycles. The highest BCUT2D eigenvalue weighted by molar-refractivity contribution is 6.04.